The fourth-order valence-corrected chi connectivity index (χ4v) is 2.62. The Labute approximate surface area is 125 Å². The van der Waals surface area contributed by atoms with Gasteiger partial charge in [0.25, 0.3) is 0 Å². The van der Waals surface area contributed by atoms with Crippen LogP contribution in [0.2, 0.25) is 0 Å². The first-order chi connectivity index (χ1) is 9.79. The van der Waals surface area contributed by atoms with Crippen LogP contribution < -0.4 is 0 Å². The van der Waals surface area contributed by atoms with E-state index in [1.54, 1.807) is 6.20 Å². The zero-order chi connectivity index (χ0) is 14.2. The van der Waals surface area contributed by atoms with E-state index in [-0.39, 0.29) is 5.91 Å². The van der Waals surface area contributed by atoms with E-state index in [0.717, 1.165) is 45.6 Å². The number of hydrogen-bond donors (Lipinski definition) is 0. The lowest BCUT2D eigenvalue weighted by molar-refractivity contribution is -0.133. The fraction of sp³-hybridized carbons (Fsp3) is 0.600. The summed E-state index contributed by atoms with van der Waals surface area (Å²) in [6, 6.07) is 4.06. The maximum atomic E-state index is 12.0. The second-order valence-corrected chi connectivity index (χ2v) is 5.54. The Kier molecular flexibility index (Phi) is 6.27. The van der Waals surface area contributed by atoms with Crippen molar-refractivity contribution in [1.82, 2.24) is 14.8 Å². The highest BCUT2D eigenvalue weighted by Gasteiger charge is 2.20. The molecule has 1 fully saturated rings. The molecule has 110 valence electrons. The predicted molar refractivity (Wildman–Crippen MR) is 80.7 cm³/mol. The van der Waals surface area contributed by atoms with Crippen molar-refractivity contribution in [3.05, 3.63) is 30.1 Å². The maximum Gasteiger partial charge on any atom is 0.222 e. The lowest BCUT2D eigenvalue weighted by Gasteiger charge is -2.34. The van der Waals surface area contributed by atoms with Gasteiger partial charge in [-0.1, -0.05) is 6.07 Å². The van der Waals surface area contributed by atoms with Crippen LogP contribution in [0, 0.1) is 0 Å². The van der Waals surface area contributed by atoms with Gasteiger partial charge in [-0.15, -0.1) is 11.6 Å². The van der Waals surface area contributed by atoms with E-state index in [4.69, 9.17) is 11.6 Å². The highest BCUT2D eigenvalue weighted by molar-refractivity contribution is 6.17. The van der Waals surface area contributed by atoms with E-state index in [1.165, 1.54) is 5.56 Å². The standard InChI is InChI=1S/C15H22ClN3O/c16-6-2-1-5-15(20)19-10-8-18(9-11-19)13-14-4-3-7-17-12-14/h3-4,7,12H,1-2,5-6,8-11,13H2. The number of alkyl halides is 1. The molecule has 2 rings (SSSR count). The van der Waals surface area contributed by atoms with Crippen LogP contribution in [0.4, 0.5) is 0 Å². The summed E-state index contributed by atoms with van der Waals surface area (Å²) in [6.07, 6.45) is 6.16. The van der Waals surface area contributed by atoms with E-state index in [2.05, 4.69) is 16.0 Å². The van der Waals surface area contributed by atoms with Gasteiger partial charge in [-0.25, -0.2) is 0 Å². The molecule has 0 unspecified atom stereocenters. The molecule has 1 amide bonds. The molecule has 0 saturated carbocycles. The van der Waals surface area contributed by atoms with Crippen molar-refractivity contribution in [2.45, 2.75) is 25.8 Å². The molecule has 1 saturated heterocycles. The van der Waals surface area contributed by atoms with Gasteiger partial charge in [-0.2, -0.15) is 0 Å². The van der Waals surface area contributed by atoms with Gasteiger partial charge in [0, 0.05) is 57.4 Å². The molecule has 1 aliphatic rings. The molecule has 0 aliphatic carbocycles. The van der Waals surface area contributed by atoms with E-state index in [1.807, 2.05) is 17.2 Å². The molecule has 1 aromatic rings. The summed E-state index contributed by atoms with van der Waals surface area (Å²) in [4.78, 5) is 20.5. The van der Waals surface area contributed by atoms with Crippen LogP contribution in [0.1, 0.15) is 24.8 Å². The Balaban J connectivity index is 1.71. The summed E-state index contributed by atoms with van der Waals surface area (Å²) in [7, 11) is 0. The van der Waals surface area contributed by atoms with Gasteiger partial charge < -0.3 is 4.90 Å². The minimum atomic E-state index is 0.274. The number of halogens is 1. The van der Waals surface area contributed by atoms with Crippen molar-refractivity contribution in [3.8, 4) is 0 Å². The smallest absolute Gasteiger partial charge is 0.222 e. The van der Waals surface area contributed by atoms with Crippen molar-refractivity contribution >= 4 is 17.5 Å². The fourth-order valence-electron chi connectivity index (χ4n) is 2.43. The molecule has 1 aliphatic heterocycles. The molecule has 0 spiro atoms. The number of carbonyl (C=O) groups excluding carboxylic acids is 1. The normalized spacial score (nSPS) is 16.4. The van der Waals surface area contributed by atoms with Gasteiger partial charge in [-0.05, 0) is 24.5 Å². The molecule has 4 nitrogen and oxygen atoms in total. The van der Waals surface area contributed by atoms with Crippen molar-refractivity contribution in [2.75, 3.05) is 32.1 Å². The van der Waals surface area contributed by atoms with Crippen molar-refractivity contribution in [3.63, 3.8) is 0 Å². The molecule has 0 bridgehead atoms. The quantitative estimate of drug-likeness (QED) is 0.596. The number of pyridine rings is 1. The molecular weight excluding hydrogens is 274 g/mol. The van der Waals surface area contributed by atoms with Gasteiger partial charge in [-0.3, -0.25) is 14.7 Å². The van der Waals surface area contributed by atoms with Crippen LogP contribution >= 0.6 is 11.6 Å². The predicted octanol–water partition coefficient (Wildman–Crippen LogP) is 2.13. The van der Waals surface area contributed by atoms with Crippen LogP contribution in [-0.2, 0) is 11.3 Å². The number of rotatable bonds is 6. The number of nitrogens with zero attached hydrogens (tertiary/aromatic N) is 3. The first-order valence-electron chi connectivity index (χ1n) is 7.24. The highest BCUT2D eigenvalue weighted by atomic mass is 35.5. The number of carbonyl (C=O) groups is 1. The molecule has 20 heavy (non-hydrogen) atoms. The van der Waals surface area contributed by atoms with E-state index in [9.17, 15) is 4.79 Å². The molecular formula is C15H22ClN3O. The van der Waals surface area contributed by atoms with Crippen LogP contribution in [0.15, 0.2) is 24.5 Å². The second kappa shape index (κ2) is 8.22. The summed E-state index contributed by atoms with van der Waals surface area (Å²) < 4.78 is 0. The third-order valence-electron chi connectivity index (χ3n) is 3.63. The molecule has 0 atom stereocenters. The van der Waals surface area contributed by atoms with Gasteiger partial charge >= 0.3 is 0 Å². The first-order valence-corrected chi connectivity index (χ1v) is 7.78. The number of piperazine rings is 1. The number of aromatic nitrogens is 1. The minimum Gasteiger partial charge on any atom is -0.340 e. The molecule has 5 heteroatoms. The van der Waals surface area contributed by atoms with Crippen LogP contribution in [0.3, 0.4) is 0 Å². The number of unbranched alkanes of at least 4 members (excludes halogenated alkanes) is 1. The zero-order valence-electron chi connectivity index (χ0n) is 11.8. The summed E-state index contributed by atoms with van der Waals surface area (Å²) in [5, 5.41) is 0. The molecule has 1 aromatic heterocycles. The maximum absolute atomic E-state index is 12.0. The molecule has 2 heterocycles. The highest BCUT2D eigenvalue weighted by Crippen LogP contribution is 2.09. The summed E-state index contributed by atoms with van der Waals surface area (Å²) >= 11 is 5.63. The second-order valence-electron chi connectivity index (χ2n) is 5.16. The molecule has 0 N–H and O–H groups in total. The van der Waals surface area contributed by atoms with Crippen molar-refractivity contribution < 1.29 is 4.79 Å². The van der Waals surface area contributed by atoms with E-state index < -0.39 is 0 Å². The first kappa shape index (κ1) is 15.3. The van der Waals surface area contributed by atoms with Crippen molar-refractivity contribution in [1.29, 1.82) is 0 Å². The van der Waals surface area contributed by atoms with Gasteiger partial charge in [0.2, 0.25) is 5.91 Å². The van der Waals surface area contributed by atoms with Crippen molar-refractivity contribution in [2.24, 2.45) is 0 Å². The van der Waals surface area contributed by atoms with Crippen LogP contribution in [0.5, 0.6) is 0 Å². The Hall–Kier alpha value is -1.13. The average molecular weight is 296 g/mol. The topological polar surface area (TPSA) is 36.4 Å². The van der Waals surface area contributed by atoms with Gasteiger partial charge in [0.05, 0.1) is 0 Å². The summed E-state index contributed by atoms with van der Waals surface area (Å²) in [5.74, 6) is 0.919. The summed E-state index contributed by atoms with van der Waals surface area (Å²) in [5.41, 5.74) is 1.23. The lowest BCUT2D eigenvalue weighted by Crippen LogP contribution is -2.48. The Morgan fingerprint density at radius 2 is 2.05 bits per heavy atom. The average Bonchev–Trinajstić information content (AvgIpc) is 2.49. The van der Waals surface area contributed by atoms with Gasteiger partial charge in [0.1, 0.15) is 0 Å². The minimum absolute atomic E-state index is 0.274. The Morgan fingerprint density at radius 1 is 1.25 bits per heavy atom. The molecule has 0 aromatic carbocycles. The largest absolute Gasteiger partial charge is 0.340 e. The third-order valence-corrected chi connectivity index (χ3v) is 3.90. The third kappa shape index (κ3) is 4.76. The van der Waals surface area contributed by atoms with E-state index >= 15 is 0 Å². The van der Waals surface area contributed by atoms with Crippen LogP contribution in [0.25, 0.3) is 0 Å². The Bertz CT molecular complexity index is 405. The van der Waals surface area contributed by atoms with E-state index in [0.29, 0.717) is 12.3 Å². The Morgan fingerprint density at radius 3 is 2.70 bits per heavy atom. The number of amides is 1. The summed E-state index contributed by atoms with van der Waals surface area (Å²) in [6.45, 7) is 4.47. The monoisotopic (exact) mass is 295 g/mol. The zero-order valence-corrected chi connectivity index (χ0v) is 12.6. The lowest BCUT2D eigenvalue weighted by atomic mass is 10.2. The molecule has 0 radical (unpaired) electrons. The SMILES string of the molecule is O=C(CCCCCl)N1CCN(Cc2cccnc2)CC1. The van der Waals surface area contributed by atoms with Crippen LogP contribution in [-0.4, -0.2) is 52.8 Å². The van der Waals surface area contributed by atoms with Gasteiger partial charge in [0.15, 0.2) is 0 Å². The number of hydrogen-bond acceptors (Lipinski definition) is 3.